The molecule has 0 bridgehead atoms. The van der Waals surface area contributed by atoms with Crippen LogP contribution in [0.25, 0.3) is 0 Å². The summed E-state index contributed by atoms with van der Waals surface area (Å²) in [5, 5.41) is 19.4. The van der Waals surface area contributed by atoms with Crippen LogP contribution < -0.4 is 0 Å². The molecule has 10 nitrogen and oxygen atoms in total. The van der Waals surface area contributed by atoms with E-state index >= 15 is 0 Å². The van der Waals surface area contributed by atoms with Gasteiger partial charge in [0.2, 0.25) is 0 Å². The summed E-state index contributed by atoms with van der Waals surface area (Å²) in [6.07, 6.45) is 2.92. The minimum Gasteiger partial charge on any atom is -0.444 e. The van der Waals surface area contributed by atoms with Crippen LogP contribution in [-0.2, 0) is 9.47 Å². The molecule has 10 heteroatoms. The van der Waals surface area contributed by atoms with Crippen LogP contribution in [0.3, 0.4) is 0 Å². The number of hydrogen-bond acceptors (Lipinski definition) is 8. The average Bonchev–Trinajstić information content (AvgIpc) is 3.20. The fourth-order valence-corrected chi connectivity index (χ4v) is 5.32. The number of nitriles is 2. The van der Waals surface area contributed by atoms with Crippen LogP contribution >= 0.6 is 0 Å². The number of carbonyl (C=O) groups is 2. The summed E-state index contributed by atoms with van der Waals surface area (Å²) >= 11 is 0. The van der Waals surface area contributed by atoms with Gasteiger partial charge in [0.25, 0.3) is 0 Å². The van der Waals surface area contributed by atoms with Crippen molar-refractivity contribution in [1.82, 2.24) is 19.6 Å². The van der Waals surface area contributed by atoms with E-state index in [9.17, 15) is 20.1 Å². The maximum Gasteiger partial charge on any atom is 0.410 e. The van der Waals surface area contributed by atoms with Crippen LogP contribution in [0.15, 0.2) is 11.4 Å². The molecule has 3 fully saturated rings. The Labute approximate surface area is 227 Å². The van der Waals surface area contributed by atoms with Crippen molar-refractivity contribution in [1.29, 1.82) is 10.5 Å². The first-order valence-corrected chi connectivity index (χ1v) is 13.8. The molecule has 0 radical (unpaired) electrons. The van der Waals surface area contributed by atoms with Crippen LogP contribution in [0.1, 0.15) is 67.2 Å². The molecule has 3 saturated heterocycles. The number of ether oxygens (including phenoxy) is 2. The van der Waals surface area contributed by atoms with Gasteiger partial charge in [-0.15, -0.1) is 0 Å². The van der Waals surface area contributed by atoms with E-state index in [2.05, 4.69) is 21.9 Å². The summed E-state index contributed by atoms with van der Waals surface area (Å²) in [5.74, 6) is 1.48. The second-order valence-electron chi connectivity index (χ2n) is 12.6. The first-order chi connectivity index (χ1) is 17.8. The van der Waals surface area contributed by atoms with E-state index in [0.717, 1.165) is 57.7 Å². The van der Waals surface area contributed by atoms with Gasteiger partial charge < -0.3 is 29.1 Å². The highest BCUT2D eigenvalue weighted by Crippen LogP contribution is 2.30. The van der Waals surface area contributed by atoms with Crippen LogP contribution in [0.5, 0.6) is 0 Å². The lowest BCUT2D eigenvalue weighted by Crippen LogP contribution is -2.44. The zero-order valence-electron chi connectivity index (χ0n) is 24.0. The van der Waals surface area contributed by atoms with Gasteiger partial charge in [-0.2, -0.15) is 10.5 Å². The van der Waals surface area contributed by atoms with E-state index < -0.39 is 11.2 Å². The molecule has 0 unspecified atom stereocenters. The lowest BCUT2D eigenvalue weighted by Gasteiger charge is -2.37. The molecule has 0 atom stereocenters. The monoisotopic (exact) mass is 528 g/mol. The molecule has 0 aromatic carbocycles. The van der Waals surface area contributed by atoms with Gasteiger partial charge >= 0.3 is 12.2 Å². The smallest absolute Gasteiger partial charge is 0.410 e. The molecule has 0 aliphatic carbocycles. The Balaban J connectivity index is 1.56. The maximum atomic E-state index is 12.4. The largest absolute Gasteiger partial charge is 0.444 e. The minimum absolute atomic E-state index is 0.153. The number of carbonyl (C=O) groups excluding carboxylic acids is 2. The van der Waals surface area contributed by atoms with Gasteiger partial charge in [0.15, 0.2) is 5.57 Å². The highest BCUT2D eigenvalue weighted by Gasteiger charge is 2.35. The second kappa shape index (κ2) is 12.1. The molecule has 3 rings (SSSR count). The maximum absolute atomic E-state index is 12.4. The molecule has 210 valence electrons. The lowest BCUT2D eigenvalue weighted by atomic mass is 9.96. The van der Waals surface area contributed by atoms with Crippen molar-refractivity contribution < 1.29 is 19.1 Å². The first kappa shape index (κ1) is 29.4. The third-order valence-electron chi connectivity index (χ3n) is 7.18. The molecule has 0 spiro atoms. The SMILES string of the molecule is CC(C)(C)OC(=O)N1CCC(CN2CCN(CC3CCN(C(=O)OC(C)(C)C)CC3)C2=C(C#N)C#N)CC1. The highest BCUT2D eigenvalue weighted by atomic mass is 16.6. The van der Waals surface area contributed by atoms with Crippen LogP contribution in [-0.4, -0.2) is 95.3 Å². The number of amides is 2. The fraction of sp³-hybridized carbons (Fsp3) is 0.786. The summed E-state index contributed by atoms with van der Waals surface area (Å²) < 4.78 is 11.0. The van der Waals surface area contributed by atoms with Crippen molar-refractivity contribution in [3.63, 3.8) is 0 Å². The molecule has 0 aromatic rings. The summed E-state index contributed by atoms with van der Waals surface area (Å²) in [7, 11) is 0. The van der Waals surface area contributed by atoms with Crippen molar-refractivity contribution in [2.45, 2.75) is 78.4 Å². The van der Waals surface area contributed by atoms with Crippen LogP contribution in [0.4, 0.5) is 9.59 Å². The van der Waals surface area contributed by atoms with Crippen LogP contribution in [0, 0.1) is 34.5 Å². The number of piperidine rings is 2. The van der Waals surface area contributed by atoms with Crippen molar-refractivity contribution >= 4 is 12.2 Å². The Morgan fingerprint density at radius 3 is 1.34 bits per heavy atom. The van der Waals surface area contributed by atoms with E-state index in [4.69, 9.17) is 9.47 Å². The predicted octanol–water partition coefficient (Wildman–Crippen LogP) is 4.16. The minimum atomic E-state index is -0.510. The molecular weight excluding hydrogens is 484 g/mol. The molecule has 38 heavy (non-hydrogen) atoms. The van der Waals surface area contributed by atoms with Gasteiger partial charge in [0, 0.05) is 52.4 Å². The third kappa shape index (κ3) is 8.18. The molecule has 3 aliphatic heterocycles. The van der Waals surface area contributed by atoms with E-state index in [1.807, 2.05) is 41.5 Å². The molecule has 0 N–H and O–H groups in total. The summed E-state index contributed by atoms with van der Waals surface area (Å²) in [6, 6.07) is 4.22. The molecule has 0 saturated carbocycles. The Morgan fingerprint density at radius 2 is 1.05 bits per heavy atom. The van der Waals surface area contributed by atoms with Crippen molar-refractivity contribution in [3.8, 4) is 12.1 Å². The van der Waals surface area contributed by atoms with Crippen molar-refractivity contribution in [2.24, 2.45) is 11.8 Å². The summed E-state index contributed by atoms with van der Waals surface area (Å²) in [6.45, 7) is 16.9. The normalized spacial score (nSPS) is 19.7. The number of hydrogen-bond donors (Lipinski definition) is 0. The standard InChI is InChI=1S/C28H44N6O4/c1-27(2,3)37-25(35)31-11-7-21(8-12-31)19-33-15-16-34(24(33)23(17-29)18-30)20-22-9-13-32(14-10-22)26(36)38-28(4,5)6/h21-22H,7-16,19-20H2,1-6H3. The fourth-order valence-electron chi connectivity index (χ4n) is 5.32. The number of nitrogens with zero attached hydrogens (tertiary/aromatic N) is 6. The second-order valence-corrected chi connectivity index (χ2v) is 12.6. The zero-order chi connectivity index (χ0) is 28.1. The Hall–Kier alpha value is -3.14. The zero-order valence-corrected chi connectivity index (χ0v) is 24.0. The van der Waals surface area contributed by atoms with Crippen molar-refractivity contribution in [3.05, 3.63) is 11.4 Å². The lowest BCUT2D eigenvalue weighted by molar-refractivity contribution is 0.0168. The molecule has 0 aromatic heterocycles. The number of likely N-dealkylation sites (tertiary alicyclic amines) is 2. The van der Waals surface area contributed by atoms with Crippen molar-refractivity contribution in [2.75, 3.05) is 52.4 Å². The Morgan fingerprint density at radius 1 is 0.711 bits per heavy atom. The predicted molar refractivity (Wildman–Crippen MR) is 142 cm³/mol. The quantitative estimate of drug-likeness (QED) is 0.500. The summed E-state index contributed by atoms with van der Waals surface area (Å²) in [5.41, 5.74) is -0.867. The molecular formula is C28H44N6O4. The topological polar surface area (TPSA) is 113 Å². The van der Waals surface area contributed by atoms with E-state index in [1.54, 1.807) is 9.80 Å². The summed E-state index contributed by atoms with van der Waals surface area (Å²) in [4.78, 5) is 32.7. The van der Waals surface area contributed by atoms with E-state index in [1.165, 1.54) is 0 Å². The molecule has 2 amide bonds. The van der Waals surface area contributed by atoms with E-state index in [-0.39, 0.29) is 17.8 Å². The number of allylic oxidation sites excluding steroid dienone is 1. The third-order valence-corrected chi connectivity index (χ3v) is 7.18. The van der Waals surface area contributed by atoms with Crippen LogP contribution in [0.2, 0.25) is 0 Å². The molecule has 3 heterocycles. The number of rotatable bonds is 4. The van der Waals surface area contributed by atoms with Gasteiger partial charge in [-0.3, -0.25) is 0 Å². The average molecular weight is 529 g/mol. The van der Waals surface area contributed by atoms with Gasteiger partial charge in [-0.05, 0) is 79.1 Å². The highest BCUT2D eigenvalue weighted by molar-refractivity contribution is 5.68. The van der Waals surface area contributed by atoms with Gasteiger partial charge in [-0.25, -0.2) is 9.59 Å². The molecule has 3 aliphatic rings. The van der Waals surface area contributed by atoms with Gasteiger partial charge in [-0.1, -0.05) is 0 Å². The van der Waals surface area contributed by atoms with E-state index in [0.29, 0.717) is 38.0 Å². The Kier molecular flexibility index (Phi) is 9.40. The first-order valence-electron chi connectivity index (χ1n) is 13.8. The van der Waals surface area contributed by atoms with Gasteiger partial charge in [0.05, 0.1) is 0 Å². The van der Waals surface area contributed by atoms with Gasteiger partial charge in [0.1, 0.15) is 29.2 Å². The Bertz CT molecular complexity index is 891.